The third kappa shape index (κ3) is 1.60. The van der Waals surface area contributed by atoms with Crippen LogP contribution in [0.1, 0.15) is 25.7 Å². The molecule has 0 bridgehead atoms. The van der Waals surface area contributed by atoms with Gasteiger partial charge in [-0.3, -0.25) is 0 Å². The second-order valence-corrected chi connectivity index (χ2v) is 3.13. The molecule has 0 radical (unpaired) electrons. The fourth-order valence-electron chi connectivity index (χ4n) is 1.77. The SMILES string of the molecule is C=C[C@@H]1CCCC[C@@H]1CO. The molecule has 58 valence electrons. The van der Waals surface area contributed by atoms with E-state index in [2.05, 4.69) is 6.58 Å². The molecule has 0 aliphatic heterocycles. The van der Waals surface area contributed by atoms with E-state index in [1.807, 2.05) is 6.08 Å². The fourth-order valence-corrected chi connectivity index (χ4v) is 1.77. The Labute approximate surface area is 62.8 Å². The van der Waals surface area contributed by atoms with Gasteiger partial charge in [-0.1, -0.05) is 18.9 Å². The number of allylic oxidation sites excluding steroid dienone is 1. The predicted molar refractivity (Wildman–Crippen MR) is 42.7 cm³/mol. The normalized spacial score (nSPS) is 33.7. The zero-order valence-electron chi connectivity index (χ0n) is 6.42. The van der Waals surface area contributed by atoms with Gasteiger partial charge >= 0.3 is 0 Å². The molecule has 0 unspecified atom stereocenters. The minimum Gasteiger partial charge on any atom is -0.396 e. The van der Waals surface area contributed by atoms with E-state index in [0.717, 1.165) is 0 Å². The van der Waals surface area contributed by atoms with Crippen LogP contribution in [0.5, 0.6) is 0 Å². The van der Waals surface area contributed by atoms with Crippen LogP contribution in [0.3, 0.4) is 0 Å². The van der Waals surface area contributed by atoms with Crippen LogP contribution >= 0.6 is 0 Å². The summed E-state index contributed by atoms with van der Waals surface area (Å²) in [5.74, 6) is 1.09. The molecule has 0 aromatic carbocycles. The highest BCUT2D eigenvalue weighted by Crippen LogP contribution is 2.29. The van der Waals surface area contributed by atoms with Crippen LogP contribution in [0.2, 0.25) is 0 Å². The first-order valence-electron chi connectivity index (χ1n) is 4.12. The Morgan fingerprint density at radius 2 is 2.10 bits per heavy atom. The Bertz CT molecular complexity index is 109. The van der Waals surface area contributed by atoms with E-state index in [9.17, 15) is 0 Å². The summed E-state index contributed by atoms with van der Waals surface area (Å²) < 4.78 is 0. The van der Waals surface area contributed by atoms with E-state index < -0.39 is 0 Å². The van der Waals surface area contributed by atoms with Crippen molar-refractivity contribution in [2.45, 2.75) is 25.7 Å². The Kier molecular flexibility index (Phi) is 2.94. The smallest absolute Gasteiger partial charge is 0.0464 e. The van der Waals surface area contributed by atoms with Crippen LogP contribution in [0.4, 0.5) is 0 Å². The van der Waals surface area contributed by atoms with Crippen LogP contribution in [0.15, 0.2) is 12.7 Å². The first-order chi connectivity index (χ1) is 4.88. The lowest BCUT2D eigenvalue weighted by Crippen LogP contribution is -2.20. The van der Waals surface area contributed by atoms with E-state index in [1.54, 1.807) is 0 Å². The average Bonchev–Trinajstić information content (AvgIpc) is 2.04. The molecule has 1 N–H and O–H groups in total. The van der Waals surface area contributed by atoms with Gasteiger partial charge in [0.15, 0.2) is 0 Å². The standard InChI is InChI=1S/C9H16O/c1-2-8-5-3-4-6-9(8)7-10/h2,8-10H,1,3-7H2/t8-,9-/m1/s1. The summed E-state index contributed by atoms with van der Waals surface area (Å²) in [7, 11) is 0. The molecule has 0 aromatic heterocycles. The maximum Gasteiger partial charge on any atom is 0.0464 e. The molecule has 0 heterocycles. The molecule has 1 saturated carbocycles. The summed E-state index contributed by atoms with van der Waals surface area (Å²) in [5, 5.41) is 8.94. The lowest BCUT2D eigenvalue weighted by Gasteiger charge is -2.27. The molecule has 1 nitrogen and oxygen atoms in total. The van der Waals surface area contributed by atoms with Crippen LogP contribution in [-0.4, -0.2) is 11.7 Å². The van der Waals surface area contributed by atoms with Gasteiger partial charge in [0.2, 0.25) is 0 Å². The van der Waals surface area contributed by atoms with E-state index >= 15 is 0 Å². The second-order valence-electron chi connectivity index (χ2n) is 3.13. The van der Waals surface area contributed by atoms with Crippen LogP contribution in [-0.2, 0) is 0 Å². The van der Waals surface area contributed by atoms with Gasteiger partial charge in [-0.15, -0.1) is 6.58 Å². The van der Waals surface area contributed by atoms with Crippen molar-refractivity contribution in [3.8, 4) is 0 Å². The number of hydrogen-bond acceptors (Lipinski definition) is 1. The third-order valence-electron chi connectivity index (χ3n) is 2.51. The summed E-state index contributed by atoms with van der Waals surface area (Å²) in [4.78, 5) is 0. The largest absolute Gasteiger partial charge is 0.396 e. The van der Waals surface area contributed by atoms with Crippen molar-refractivity contribution in [3.05, 3.63) is 12.7 Å². The second kappa shape index (κ2) is 3.77. The minimum atomic E-state index is 0.344. The third-order valence-corrected chi connectivity index (χ3v) is 2.51. The molecule has 1 fully saturated rings. The molecule has 1 heteroatoms. The van der Waals surface area contributed by atoms with Crippen molar-refractivity contribution in [1.82, 2.24) is 0 Å². The van der Waals surface area contributed by atoms with Gasteiger partial charge < -0.3 is 5.11 Å². The molecule has 0 amide bonds. The highest BCUT2D eigenvalue weighted by Gasteiger charge is 2.21. The monoisotopic (exact) mass is 140 g/mol. The van der Waals surface area contributed by atoms with E-state index in [-0.39, 0.29) is 0 Å². The Morgan fingerprint density at radius 1 is 1.40 bits per heavy atom. The van der Waals surface area contributed by atoms with E-state index in [0.29, 0.717) is 18.4 Å². The summed E-state index contributed by atoms with van der Waals surface area (Å²) >= 11 is 0. The Morgan fingerprint density at radius 3 is 2.60 bits per heavy atom. The number of aliphatic hydroxyl groups excluding tert-OH is 1. The van der Waals surface area contributed by atoms with Crippen molar-refractivity contribution in [1.29, 1.82) is 0 Å². The van der Waals surface area contributed by atoms with Crippen molar-refractivity contribution in [2.24, 2.45) is 11.8 Å². The average molecular weight is 140 g/mol. The minimum absolute atomic E-state index is 0.344. The Hall–Kier alpha value is -0.300. The van der Waals surface area contributed by atoms with Crippen LogP contribution < -0.4 is 0 Å². The van der Waals surface area contributed by atoms with Gasteiger partial charge in [0.1, 0.15) is 0 Å². The lowest BCUT2D eigenvalue weighted by atomic mass is 9.80. The topological polar surface area (TPSA) is 20.2 Å². The summed E-state index contributed by atoms with van der Waals surface area (Å²) in [5.41, 5.74) is 0. The van der Waals surface area contributed by atoms with Crippen molar-refractivity contribution in [3.63, 3.8) is 0 Å². The molecule has 10 heavy (non-hydrogen) atoms. The quantitative estimate of drug-likeness (QED) is 0.581. The number of aliphatic hydroxyl groups is 1. The Balaban J connectivity index is 2.41. The molecule has 1 aliphatic carbocycles. The van der Waals surface area contributed by atoms with E-state index in [1.165, 1.54) is 25.7 Å². The predicted octanol–water partition coefficient (Wildman–Crippen LogP) is 1.97. The van der Waals surface area contributed by atoms with Gasteiger partial charge in [0.25, 0.3) is 0 Å². The number of rotatable bonds is 2. The highest BCUT2D eigenvalue weighted by molar-refractivity contribution is 4.86. The van der Waals surface area contributed by atoms with Gasteiger partial charge in [-0.2, -0.15) is 0 Å². The van der Waals surface area contributed by atoms with Crippen molar-refractivity contribution >= 4 is 0 Å². The van der Waals surface area contributed by atoms with Crippen LogP contribution in [0.25, 0.3) is 0 Å². The lowest BCUT2D eigenvalue weighted by molar-refractivity contribution is 0.158. The van der Waals surface area contributed by atoms with Gasteiger partial charge in [-0.25, -0.2) is 0 Å². The summed E-state index contributed by atoms with van der Waals surface area (Å²) in [6.45, 7) is 4.12. The highest BCUT2D eigenvalue weighted by atomic mass is 16.3. The fraction of sp³-hybridized carbons (Fsp3) is 0.778. The first kappa shape index (κ1) is 7.80. The molecule has 0 saturated heterocycles. The van der Waals surface area contributed by atoms with Gasteiger partial charge in [0, 0.05) is 6.61 Å². The molecule has 1 rings (SSSR count). The van der Waals surface area contributed by atoms with Crippen LogP contribution in [0, 0.1) is 11.8 Å². The maximum absolute atomic E-state index is 8.94. The summed E-state index contributed by atoms with van der Waals surface area (Å²) in [6, 6.07) is 0. The molecular formula is C9H16O. The van der Waals surface area contributed by atoms with E-state index in [4.69, 9.17) is 5.11 Å². The molecule has 0 aromatic rings. The van der Waals surface area contributed by atoms with Gasteiger partial charge in [-0.05, 0) is 24.7 Å². The molecule has 0 spiro atoms. The molecule has 2 atom stereocenters. The zero-order chi connectivity index (χ0) is 7.40. The van der Waals surface area contributed by atoms with Crippen molar-refractivity contribution < 1.29 is 5.11 Å². The van der Waals surface area contributed by atoms with Crippen molar-refractivity contribution in [2.75, 3.05) is 6.61 Å². The molecule has 1 aliphatic rings. The van der Waals surface area contributed by atoms with Gasteiger partial charge in [0.05, 0.1) is 0 Å². The molecular weight excluding hydrogens is 124 g/mol. The summed E-state index contributed by atoms with van der Waals surface area (Å²) in [6.07, 6.45) is 7.02. The number of hydrogen-bond donors (Lipinski definition) is 1. The maximum atomic E-state index is 8.94. The first-order valence-corrected chi connectivity index (χ1v) is 4.12. The zero-order valence-corrected chi connectivity index (χ0v) is 6.42.